The molecule has 1 aromatic rings. The first kappa shape index (κ1) is 10.3. The van der Waals surface area contributed by atoms with Gasteiger partial charge in [0, 0.05) is 31.4 Å². The quantitative estimate of drug-likeness (QED) is 0.748. The van der Waals surface area contributed by atoms with Gasteiger partial charge in [0.1, 0.15) is 5.78 Å². The molecule has 0 aromatic carbocycles. The molecule has 15 heavy (non-hydrogen) atoms. The topological polar surface area (TPSA) is 33.2 Å². The molecule has 1 atom stereocenters. The second-order valence-corrected chi connectivity index (χ2v) is 4.19. The summed E-state index contributed by atoms with van der Waals surface area (Å²) < 4.78 is 0. The van der Waals surface area contributed by atoms with Crippen molar-refractivity contribution in [3.8, 4) is 0 Å². The molecule has 1 aliphatic heterocycles. The molecule has 1 aliphatic rings. The van der Waals surface area contributed by atoms with E-state index in [0.29, 0.717) is 5.78 Å². The Morgan fingerprint density at radius 2 is 2.53 bits per heavy atom. The van der Waals surface area contributed by atoms with Gasteiger partial charge in [0.05, 0.1) is 0 Å². The lowest BCUT2D eigenvalue weighted by Crippen LogP contribution is -2.22. The van der Waals surface area contributed by atoms with Crippen molar-refractivity contribution in [2.24, 2.45) is 5.92 Å². The summed E-state index contributed by atoms with van der Waals surface area (Å²) in [4.78, 5) is 17.6. The number of hydrogen-bond donors (Lipinski definition) is 0. The van der Waals surface area contributed by atoms with Crippen LogP contribution in [0.15, 0.2) is 24.5 Å². The zero-order valence-electron chi connectivity index (χ0n) is 9.02. The van der Waals surface area contributed by atoms with E-state index in [1.807, 2.05) is 12.3 Å². The Balaban J connectivity index is 1.90. The number of nitrogens with zero attached hydrogens (tertiary/aromatic N) is 2. The molecular formula is C12H16N2O. The molecule has 3 nitrogen and oxygen atoms in total. The van der Waals surface area contributed by atoms with Gasteiger partial charge in [-0.2, -0.15) is 0 Å². The first-order chi connectivity index (χ1) is 7.25. The van der Waals surface area contributed by atoms with Gasteiger partial charge in [-0.1, -0.05) is 6.07 Å². The van der Waals surface area contributed by atoms with Crippen molar-refractivity contribution >= 4 is 5.78 Å². The maximum atomic E-state index is 11.2. The zero-order chi connectivity index (χ0) is 10.7. The number of rotatable bonds is 3. The van der Waals surface area contributed by atoms with Crippen LogP contribution in [0.3, 0.4) is 0 Å². The summed E-state index contributed by atoms with van der Waals surface area (Å²) in [5, 5.41) is 0. The summed E-state index contributed by atoms with van der Waals surface area (Å²) in [6, 6.07) is 4.03. The third-order valence-electron chi connectivity index (χ3n) is 2.98. The highest BCUT2D eigenvalue weighted by atomic mass is 16.1. The summed E-state index contributed by atoms with van der Waals surface area (Å²) >= 11 is 0. The van der Waals surface area contributed by atoms with E-state index in [2.05, 4.69) is 16.0 Å². The molecule has 3 heteroatoms. The largest absolute Gasteiger partial charge is 0.300 e. The van der Waals surface area contributed by atoms with E-state index >= 15 is 0 Å². The minimum atomic E-state index is 0.252. The predicted molar refractivity (Wildman–Crippen MR) is 58.3 cm³/mol. The number of pyridine rings is 1. The van der Waals surface area contributed by atoms with Gasteiger partial charge < -0.3 is 0 Å². The van der Waals surface area contributed by atoms with Crippen LogP contribution in [0.4, 0.5) is 0 Å². The van der Waals surface area contributed by atoms with E-state index in [9.17, 15) is 4.79 Å². The number of carbonyl (C=O) groups excluding carboxylic acids is 1. The number of Topliss-reactive ketones (excluding diaryl/α,β-unsaturated/α-hetero) is 1. The van der Waals surface area contributed by atoms with Gasteiger partial charge in [0.2, 0.25) is 0 Å². The molecule has 0 N–H and O–H groups in total. The molecule has 0 bridgehead atoms. The molecule has 1 fully saturated rings. The van der Waals surface area contributed by atoms with Crippen LogP contribution in [-0.2, 0) is 11.3 Å². The molecule has 0 radical (unpaired) electrons. The molecule has 0 amide bonds. The second-order valence-electron chi connectivity index (χ2n) is 4.19. The van der Waals surface area contributed by atoms with E-state index in [1.54, 1.807) is 13.1 Å². The molecule has 2 rings (SSSR count). The lowest BCUT2D eigenvalue weighted by molar-refractivity contribution is -0.120. The van der Waals surface area contributed by atoms with Gasteiger partial charge in [-0.25, -0.2) is 0 Å². The number of carbonyl (C=O) groups is 1. The van der Waals surface area contributed by atoms with E-state index in [-0.39, 0.29) is 5.92 Å². The second kappa shape index (κ2) is 4.53. The van der Waals surface area contributed by atoms with Gasteiger partial charge in [-0.15, -0.1) is 0 Å². The average molecular weight is 204 g/mol. The Bertz CT molecular complexity index is 337. The molecule has 2 heterocycles. The van der Waals surface area contributed by atoms with Crippen molar-refractivity contribution in [2.45, 2.75) is 19.9 Å². The van der Waals surface area contributed by atoms with Crippen molar-refractivity contribution in [3.05, 3.63) is 30.1 Å². The van der Waals surface area contributed by atoms with Crippen LogP contribution in [0, 0.1) is 5.92 Å². The highest BCUT2D eigenvalue weighted by Gasteiger charge is 2.25. The lowest BCUT2D eigenvalue weighted by atomic mass is 10.1. The molecular weight excluding hydrogens is 188 g/mol. The van der Waals surface area contributed by atoms with Crippen LogP contribution < -0.4 is 0 Å². The fourth-order valence-electron chi connectivity index (χ4n) is 2.06. The molecule has 0 unspecified atom stereocenters. The van der Waals surface area contributed by atoms with E-state index in [4.69, 9.17) is 0 Å². The van der Waals surface area contributed by atoms with E-state index < -0.39 is 0 Å². The van der Waals surface area contributed by atoms with Gasteiger partial charge in [-0.05, 0) is 31.5 Å². The van der Waals surface area contributed by atoms with Crippen LogP contribution in [0.25, 0.3) is 0 Å². The molecule has 0 aliphatic carbocycles. The fraction of sp³-hybridized carbons (Fsp3) is 0.500. The molecule has 0 spiro atoms. The Morgan fingerprint density at radius 3 is 3.13 bits per heavy atom. The Morgan fingerprint density at radius 1 is 1.67 bits per heavy atom. The highest BCUT2D eigenvalue weighted by molar-refractivity contribution is 5.78. The van der Waals surface area contributed by atoms with Crippen molar-refractivity contribution < 1.29 is 4.79 Å². The minimum absolute atomic E-state index is 0.252. The Hall–Kier alpha value is -1.22. The van der Waals surface area contributed by atoms with Crippen LogP contribution in [0.5, 0.6) is 0 Å². The zero-order valence-corrected chi connectivity index (χ0v) is 9.02. The maximum absolute atomic E-state index is 11.2. The number of likely N-dealkylation sites (tertiary alicyclic amines) is 1. The number of hydrogen-bond acceptors (Lipinski definition) is 3. The monoisotopic (exact) mass is 204 g/mol. The summed E-state index contributed by atoms with van der Waals surface area (Å²) in [6.07, 6.45) is 4.68. The van der Waals surface area contributed by atoms with Gasteiger partial charge in [0.15, 0.2) is 0 Å². The average Bonchev–Trinajstić information content (AvgIpc) is 2.68. The van der Waals surface area contributed by atoms with Crippen LogP contribution >= 0.6 is 0 Å². The molecule has 80 valence electrons. The molecule has 1 aromatic heterocycles. The van der Waals surface area contributed by atoms with Crippen LogP contribution in [0.2, 0.25) is 0 Å². The normalized spacial score (nSPS) is 21.8. The van der Waals surface area contributed by atoms with Crippen molar-refractivity contribution in [1.82, 2.24) is 9.88 Å². The third-order valence-corrected chi connectivity index (χ3v) is 2.98. The minimum Gasteiger partial charge on any atom is -0.300 e. The van der Waals surface area contributed by atoms with Crippen LogP contribution in [-0.4, -0.2) is 28.8 Å². The number of ketones is 1. The molecule has 1 saturated heterocycles. The summed E-state index contributed by atoms with van der Waals surface area (Å²) in [5.74, 6) is 0.574. The first-order valence-corrected chi connectivity index (χ1v) is 5.37. The lowest BCUT2D eigenvalue weighted by Gasteiger charge is -2.14. The van der Waals surface area contributed by atoms with Crippen molar-refractivity contribution in [2.75, 3.05) is 13.1 Å². The van der Waals surface area contributed by atoms with E-state index in [0.717, 1.165) is 26.1 Å². The predicted octanol–water partition coefficient (Wildman–Crippen LogP) is 1.49. The summed E-state index contributed by atoms with van der Waals surface area (Å²) in [6.45, 7) is 4.54. The summed E-state index contributed by atoms with van der Waals surface area (Å²) in [5.41, 5.74) is 1.22. The SMILES string of the molecule is CC(=O)[C@@H]1CCN(Cc2cccnc2)C1. The fourth-order valence-corrected chi connectivity index (χ4v) is 2.06. The Kier molecular flexibility index (Phi) is 3.11. The number of aromatic nitrogens is 1. The first-order valence-electron chi connectivity index (χ1n) is 5.37. The van der Waals surface area contributed by atoms with Crippen LogP contribution in [0.1, 0.15) is 18.9 Å². The van der Waals surface area contributed by atoms with Gasteiger partial charge in [-0.3, -0.25) is 14.7 Å². The maximum Gasteiger partial charge on any atom is 0.134 e. The standard InChI is InChI=1S/C12H16N2O/c1-10(15)12-4-6-14(9-12)8-11-3-2-5-13-7-11/h2-3,5,7,12H,4,6,8-9H2,1H3/t12-/m1/s1. The third kappa shape index (κ3) is 2.63. The Labute approximate surface area is 90.1 Å². The smallest absolute Gasteiger partial charge is 0.134 e. The van der Waals surface area contributed by atoms with Gasteiger partial charge >= 0.3 is 0 Å². The summed E-state index contributed by atoms with van der Waals surface area (Å²) in [7, 11) is 0. The van der Waals surface area contributed by atoms with Crippen molar-refractivity contribution in [1.29, 1.82) is 0 Å². The molecule has 0 saturated carbocycles. The van der Waals surface area contributed by atoms with Gasteiger partial charge in [0.25, 0.3) is 0 Å². The van der Waals surface area contributed by atoms with Crippen molar-refractivity contribution in [3.63, 3.8) is 0 Å². The highest BCUT2D eigenvalue weighted by Crippen LogP contribution is 2.18. The van der Waals surface area contributed by atoms with E-state index in [1.165, 1.54) is 5.56 Å².